The van der Waals surface area contributed by atoms with E-state index in [0.717, 1.165) is 11.3 Å². The SMILES string of the molecule is Cc1cc(O[Si](C)(C)C(C)(C)C)ccc1C(=O)O. The zero-order chi connectivity index (χ0) is 14.1. The summed E-state index contributed by atoms with van der Waals surface area (Å²) in [4.78, 5) is 10.9. The van der Waals surface area contributed by atoms with Crippen LogP contribution in [-0.4, -0.2) is 19.4 Å². The van der Waals surface area contributed by atoms with Crippen LogP contribution in [0, 0.1) is 6.92 Å². The van der Waals surface area contributed by atoms with Crippen molar-refractivity contribution in [2.45, 2.75) is 45.8 Å². The summed E-state index contributed by atoms with van der Waals surface area (Å²) in [5.74, 6) is -0.129. The Labute approximate surface area is 110 Å². The molecule has 0 saturated heterocycles. The van der Waals surface area contributed by atoms with Gasteiger partial charge in [-0.3, -0.25) is 0 Å². The van der Waals surface area contributed by atoms with E-state index in [0.29, 0.717) is 5.56 Å². The van der Waals surface area contributed by atoms with Gasteiger partial charge in [-0.2, -0.15) is 0 Å². The van der Waals surface area contributed by atoms with E-state index in [1.54, 1.807) is 19.1 Å². The maximum Gasteiger partial charge on any atom is 0.335 e. The molecular formula is C14H22O3Si. The van der Waals surface area contributed by atoms with Crippen molar-refractivity contribution in [3.05, 3.63) is 29.3 Å². The van der Waals surface area contributed by atoms with E-state index in [1.165, 1.54) is 0 Å². The number of rotatable bonds is 3. The van der Waals surface area contributed by atoms with Gasteiger partial charge < -0.3 is 9.53 Å². The fraction of sp³-hybridized carbons (Fsp3) is 0.500. The minimum Gasteiger partial charge on any atom is -0.543 e. The summed E-state index contributed by atoms with van der Waals surface area (Å²) < 4.78 is 6.13. The predicted octanol–water partition coefficient (Wildman–Crippen LogP) is 4.08. The van der Waals surface area contributed by atoms with Crippen molar-refractivity contribution in [2.75, 3.05) is 0 Å². The molecule has 0 amide bonds. The number of benzene rings is 1. The summed E-state index contributed by atoms with van der Waals surface area (Å²) >= 11 is 0. The van der Waals surface area contributed by atoms with Gasteiger partial charge in [-0.1, -0.05) is 20.8 Å². The molecule has 1 N–H and O–H groups in total. The molecule has 1 aromatic carbocycles. The smallest absolute Gasteiger partial charge is 0.335 e. The van der Waals surface area contributed by atoms with Crippen LogP contribution in [0.5, 0.6) is 5.75 Å². The van der Waals surface area contributed by atoms with E-state index in [4.69, 9.17) is 9.53 Å². The van der Waals surface area contributed by atoms with Gasteiger partial charge in [-0.15, -0.1) is 0 Å². The van der Waals surface area contributed by atoms with Gasteiger partial charge >= 0.3 is 5.97 Å². The average molecular weight is 266 g/mol. The van der Waals surface area contributed by atoms with Crippen molar-refractivity contribution < 1.29 is 14.3 Å². The summed E-state index contributed by atoms with van der Waals surface area (Å²) in [5, 5.41) is 9.12. The zero-order valence-corrected chi connectivity index (χ0v) is 13.0. The van der Waals surface area contributed by atoms with E-state index < -0.39 is 14.3 Å². The minimum atomic E-state index is -1.86. The van der Waals surface area contributed by atoms with Gasteiger partial charge in [0.15, 0.2) is 0 Å². The molecular weight excluding hydrogens is 244 g/mol. The van der Waals surface area contributed by atoms with Crippen LogP contribution in [0.4, 0.5) is 0 Å². The molecule has 4 heteroatoms. The maximum atomic E-state index is 10.9. The van der Waals surface area contributed by atoms with Crippen molar-refractivity contribution >= 4 is 14.3 Å². The second-order valence-corrected chi connectivity index (χ2v) is 10.9. The van der Waals surface area contributed by atoms with Crippen LogP contribution < -0.4 is 4.43 Å². The Kier molecular flexibility index (Phi) is 3.91. The first-order valence-corrected chi connectivity index (χ1v) is 8.98. The average Bonchev–Trinajstić information content (AvgIpc) is 2.14. The van der Waals surface area contributed by atoms with E-state index in [9.17, 15) is 4.79 Å². The first-order valence-electron chi connectivity index (χ1n) is 6.07. The van der Waals surface area contributed by atoms with Crippen molar-refractivity contribution in [3.63, 3.8) is 0 Å². The highest BCUT2D eigenvalue weighted by molar-refractivity contribution is 6.74. The van der Waals surface area contributed by atoms with Crippen LogP contribution in [0.2, 0.25) is 18.1 Å². The molecule has 0 spiro atoms. The molecule has 0 fully saturated rings. The lowest BCUT2D eigenvalue weighted by Crippen LogP contribution is -2.43. The first-order chi connectivity index (χ1) is 8.04. The Balaban J connectivity index is 3.01. The Hall–Kier alpha value is -1.29. The van der Waals surface area contributed by atoms with Crippen molar-refractivity contribution in [1.29, 1.82) is 0 Å². The number of hydrogen-bond donors (Lipinski definition) is 1. The molecule has 0 aliphatic heterocycles. The molecule has 0 aliphatic carbocycles. The summed E-state index contributed by atoms with van der Waals surface area (Å²) in [5.41, 5.74) is 1.07. The number of carboxylic acids is 1. The number of carbonyl (C=O) groups is 1. The third-order valence-electron chi connectivity index (χ3n) is 3.61. The van der Waals surface area contributed by atoms with Crippen LogP contribution in [-0.2, 0) is 0 Å². The highest BCUT2D eigenvalue weighted by Crippen LogP contribution is 2.37. The second-order valence-electron chi connectivity index (χ2n) is 6.14. The van der Waals surface area contributed by atoms with Gasteiger partial charge in [0.1, 0.15) is 5.75 Å². The molecule has 1 rings (SSSR count). The molecule has 3 nitrogen and oxygen atoms in total. The summed E-state index contributed by atoms with van der Waals surface area (Å²) in [7, 11) is -1.86. The highest BCUT2D eigenvalue weighted by Gasteiger charge is 2.39. The monoisotopic (exact) mass is 266 g/mol. The molecule has 100 valence electrons. The summed E-state index contributed by atoms with van der Waals surface area (Å²) in [6, 6.07) is 5.17. The molecule has 0 heterocycles. The number of aryl methyl sites for hydroxylation is 1. The lowest BCUT2D eigenvalue weighted by molar-refractivity contribution is 0.0696. The van der Waals surface area contributed by atoms with Gasteiger partial charge in [0, 0.05) is 0 Å². The highest BCUT2D eigenvalue weighted by atomic mass is 28.4. The molecule has 0 aromatic heterocycles. The molecule has 0 saturated carbocycles. The lowest BCUT2D eigenvalue weighted by Gasteiger charge is -2.36. The summed E-state index contributed by atoms with van der Waals surface area (Å²) in [6.45, 7) is 12.7. The molecule has 0 aliphatic rings. The van der Waals surface area contributed by atoms with Crippen LogP contribution in [0.15, 0.2) is 18.2 Å². The van der Waals surface area contributed by atoms with Crippen molar-refractivity contribution in [3.8, 4) is 5.75 Å². The Morgan fingerprint density at radius 2 is 1.83 bits per heavy atom. The molecule has 0 bridgehead atoms. The van der Waals surface area contributed by atoms with Crippen molar-refractivity contribution in [2.24, 2.45) is 0 Å². The van der Waals surface area contributed by atoms with E-state index >= 15 is 0 Å². The van der Waals surface area contributed by atoms with Crippen LogP contribution >= 0.6 is 0 Å². The lowest BCUT2D eigenvalue weighted by atomic mass is 10.1. The van der Waals surface area contributed by atoms with E-state index in [2.05, 4.69) is 33.9 Å². The molecule has 0 unspecified atom stereocenters. The predicted molar refractivity (Wildman–Crippen MR) is 76.0 cm³/mol. The van der Waals surface area contributed by atoms with Gasteiger partial charge in [0.25, 0.3) is 0 Å². The Bertz CT molecular complexity index is 459. The normalized spacial score (nSPS) is 12.3. The van der Waals surface area contributed by atoms with Gasteiger partial charge in [0.05, 0.1) is 5.56 Å². The second kappa shape index (κ2) is 4.76. The Morgan fingerprint density at radius 3 is 2.22 bits per heavy atom. The van der Waals surface area contributed by atoms with Gasteiger partial charge in [-0.25, -0.2) is 4.79 Å². The maximum absolute atomic E-state index is 10.9. The molecule has 1 aromatic rings. The largest absolute Gasteiger partial charge is 0.543 e. The number of carboxylic acid groups (broad SMARTS) is 1. The molecule has 0 radical (unpaired) electrons. The zero-order valence-electron chi connectivity index (χ0n) is 12.0. The summed E-state index contributed by atoms with van der Waals surface area (Å²) in [6.07, 6.45) is 0. The van der Waals surface area contributed by atoms with E-state index in [1.807, 2.05) is 6.07 Å². The third kappa shape index (κ3) is 3.13. The van der Waals surface area contributed by atoms with Gasteiger partial charge in [0.2, 0.25) is 8.32 Å². The quantitative estimate of drug-likeness (QED) is 0.839. The molecule has 18 heavy (non-hydrogen) atoms. The minimum absolute atomic E-state index is 0.131. The standard InChI is InChI=1S/C14H22O3Si/c1-10-9-11(7-8-12(10)13(15)16)17-18(5,6)14(2,3)4/h7-9H,1-6H3,(H,15,16). The Morgan fingerprint density at radius 1 is 1.28 bits per heavy atom. The van der Waals surface area contributed by atoms with Crippen LogP contribution in [0.1, 0.15) is 36.7 Å². The fourth-order valence-corrected chi connectivity index (χ4v) is 2.41. The van der Waals surface area contributed by atoms with Crippen LogP contribution in [0.3, 0.4) is 0 Å². The fourth-order valence-electron chi connectivity index (χ4n) is 1.39. The van der Waals surface area contributed by atoms with Gasteiger partial charge in [-0.05, 0) is 48.8 Å². The van der Waals surface area contributed by atoms with Crippen LogP contribution in [0.25, 0.3) is 0 Å². The number of hydrogen-bond acceptors (Lipinski definition) is 2. The topological polar surface area (TPSA) is 46.5 Å². The first kappa shape index (κ1) is 14.8. The van der Waals surface area contributed by atoms with E-state index in [-0.39, 0.29) is 5.04 Å². The molecule has 0 atom stereocenters. The van der Waals surface area contributed by atoms with Crippen molar-refractivity contribution in [1.82, 2.24) is 0 Å². The number of aromatic carboxylic acids is 1. The third-order valence-corrected chi connectivity index (χ3v) is 7.97.